The molecule has 2 atom stereocenters. The third-order valence-electron chi connectivity index (χ3n) is 3.68. The van der Waals surface area contributed by atoms with Gasteiger partial charge < -0.3 is 10.6 Å². The smallest absolute Gasteiger partial charge is 0.237 e. The van der Waals surface area contributed by atoms with Crippen LogP contribution in [0.15, 0.2) is 0 Å². The maximum absolute atomic E-state index is 12.1. The van der Waals surface area contributed by atoms with Crippen molar-refractivity contribution in [3.63, 3.8) is 0 Å². The predicted molar refractivity (Wildman–Crippen MR) is 76.6 cm³/mol. The van der Waals surface area contributed by atoms with Crippen LogP contribution in [0.5, 0.6) is 0 Å². The van der Waals surface area contributed by atoms with E-state index < -0.39 is 0 Å². The van der Waals surface area contributed by atoms with Gasteiger partial charge in [0.2, 0.25) is 5.91 Å². The summed E-state index contributed by atoms with van der Waals surface area (Å²) >= 11 is 0. The molecule has 0 radical (unpaired) electrons. The van der Waals surface area contributed by atoms with Crippen LogP contribution in [0.3, 0.4) is 0 Å². The average molecular weight is 254 g/mol. The zero-order valence-corrected chi connectivity index (χ0v) is 12.3. The van der Waals surface area contributed by atoms with E-state index in [-0.39, 0.29) is 11.9 Å². The highest BCUT2D eigenvalue weighted by Crippen LogP contribution is 2.10. The Morgan fingerprint density at radius 2 is 2.00 bits per heavy atom. The highest BCUT2D eigenvalue weighted by atomic mass is 16.2. The van der Waals surface area contributed by atoms with E-state index >= 15 is 0 Å². The second-order valence-corrected chi connectivity index (χ2v) is 6.09. The molecule has 0 aromatic heterocycles. The molecular weight excluding hydrogens is 224 g/mol. The summed E-state index contributed by atoms with van der Waals surface area (Å²) in [4.78, 5) is 12.1. The maximum atomic E-state index is 12.1. The lowest BCUT2D eigenvalue weighted by atomic mass is 10.0. The Balaban J connectivity index is 2.21. The Labute approximate surface area is 112 Å². The van der Waals surface area contributed by atoms with Crippen molar-refractivity contribution in [2.75, 3.05) is 6.54 Å². The van der Waals surface area contributed by atoms with Crippen LogP contribution in [0.4, 0.5) is 0 Å². The second-order valence-electron chi connectivity index (χ2n) is 6.09. The third-order valence-corrected chi connectivity index (χ3v) is 3.68. The highest BCUT2D eigenvalue weighted by molar-refractivity contribution is 5.81. The molecule has 18 heavy (non-hydrogen) atoms. The summed E-state index contributed by atoms with van der Waals surface area (Å²) in [5, 5.41) is 6.50. The van der Waals surface area contributed by atoms with Gasteiger partial charge >= 0.3 is 0 Å². The minimum Gasteiger partial charge on any atom is -0.352 e. The first-order chi connectivity index (χ1) is 8.59. The van der Waals surface area contributed by atoms with Crippen molar-refractivity contribution in [3.05, 3.63) is 0 Å². The van der Waals surface area contributed by atoms with E-state index in [9.17, 15) is 4.79 Å². The summed E-state index contributed by atoms with van der Waals surface area (Å²) in [5.41, 5.74) is 0. The molecular formula is C15H30N2O. The molecule has 1 heterocycles. The third kappa shape index (κ3) is 6.39. The van der Waals surface area contributed by atoms with E-state index in [4.69, 9.17) is 0 Å². The van der Waals surface area contributed by atoms with Crippen LogP contribution in [-0.4, -0.2) is 24.5 Å². The van der Waals surface area contributed by atoms with Crippen molar-refractivity contribution in [2.45, 2.75) is 77.8 Å². The number of carbonyl (C=O) groups is 1. The topological polar surface area (TPSA) is 41.1 Å². The van der Waals surface area contributed by atoms with Gasteiger partial charge in [-0.15, -0.1) is 0 Å². The first-order valence-electron chi connectivity index (χ1n) is 7.63. The fraction of sp³-hybridized carbons (Fsp3) is 0.933. The van der Waals surface area contributed by atoms with Crippen LogP contribution in [0.25, 0.3) is 0 Å². The van der Waals surface area contributed by atoms with Gasteiger partial charge in [0.15, 0.2) is 0 Å². The molecule has 0 spiro atoms. The van der Waals surface area contributed by atoms with Gasteiger partial charge in [-0.05, 0) is 38.6 Å². The Bertz CT molecular complexity index is 233. The zero-order valence-electron chi connectivity index (χ0n) is 12.3. The molecule has 1 saturated heterocycles. The summed E-state index contributed by atoms with van der Waals surface area (Å²) in [6, 6.07) is 0.348. The SMILES string of the molecule is CC(C)CCCC(C)NC(=O)C1CCCCCN1. The molecule has 2 N–H and O–H groups in total. The Kier molecular flexibility index (Phi) is 7.33. The van der Waals surface area contributed by atoms with E-state index in [2.05, 4.69) is 31.4 Å². The normalized spacial score (nSPS) is 22.6. The number of hydrogen-bond donors (Lipinski definition) is 2. The Morgan fingerprint density at radius 1 is 1.22 bits per heavy atom. The van der Waals surface area contributed by atoms with Gasteiger partial charge in [0, 0.05) is 6.04 Å². The fourth-order valence-corrected chi connectivity index (χ4v) is 2.50. The number of amides is 1. The fourth-order valence-electron chi connectivity index (χ4n) is 2.50. The largest absolute Gasteiger partial charge is 0.352 e. The van der Waals surface area contributed by atoms with Crippen molar-refractivity contribution in [3.8, 4) is 0 Å². The predicted octanol–water partition coefficient (Wildman–Crippen LogP) is 2.85. The van der Waals surface area contributed by atoms with Gasteiger partial charge in [0.1, 0.15) is 0 Å². The number of hydrogen-bond acceptors (Lipinski definition) is 2. The van der Waals surface area contributed by atoms with E-state index in [1.807, 2.05) is 0 Å². The van der Waals surface area contributed by atoms with Crippen molar-refractivity contribution in [1.29, 1.82) is 0 Å². The highest BCUT2D eigenvalue weighted by Gasteiger charge is 2.20. The molecule has 0 aliphatic carbocycles. The molecule has 3 nitrogen and oxygen atoms in total. The average Bonchev–Trinajstić information content (AvgIpc) is 2.56. The van der Waals surface area contributed by atoms with Crippen LogP contribution in [0.1, 0.15) is 65.7 Å². The minimum atomic E-state index is 0.0417. The lowest BCUT2D eigenvalue weighted by Gasteiger charge is -2.20. The van der Waals surface area contributed by atoms with E-state index in [0.29, 0.717) is 6.04 Å². The van der Waals surface area contributed by atoms with Crippen LogP contribution in [0, 0.1) is 5.92 Å². The van der Waals surface area contributed by atoms with Crippen LogP contribution < -0.4 is 10.6 Å². The van der Waals surface area contributed by atoms with Gasteiger partial charge in [-0.3, -0.25) is 4.79 Å². The summed E-state index contributed by atoms with van der Waals surface area (Å²) in [6.45, 7) is 7.60. The molecule has 3 heteroatoms. The quantitative estimate of drug-likeness (QED) is 0.765. The van der Waals surface area contributed by atoms with Gasteiger partial charge in [-0.25, -0.2) is 0 Å². The van der Waals surface area contributed by atoms with E-state index in [1.165, 1.54) is 32.1 Å². The number of nitrogens with one attached hydrogen (secondary N) is 2. The molecule has 0 saturated carbocycles. The number of rotatable bonds is 6. The molecule has 1 aliphatic heterocycles. The van der Waals surface area contributed by atoms with E-state index in [0.717, 1.165) is 25.3 Å². The molecule has 1 aliphatic rings. The lowest BCUT2D eigenvalue weighted by molar-refractivity contribution is -0.123. The van der Waals surface area contributed by atoms with Crippen molar-refractivity contribution in [1.82, 2.24) is 10.6 Å². The molecule has 0 aromatic rings. The monoisotopic (exact) mass is 254 g/mol. The van der Waals surface area contributed by atoms with Gasteiger partial charge in [0.05, 0.1) is 6.04 Å². The second kappa shape index (κ2) is 8.52. The van der Waals surface area contributed by atoms with Gasteiger partial charge in [0.25, 0.3) is 0 Å². The molecule has 106 valence electrons. The standard InChI is InChI=1S/C15H30N2O/c1-12(2)8-7-9-13(3)17-15(18)14-10-5-4-6-11-16-14/h12-14,16H,4-11H2,1-3H3,(H,17,18). The first-order valence-corrected chi connectivity index (χ1v) is 7.63. The first kappa shape index (κ1) is 15.5. The molecule has 1 rings (SSSR count). The lowest BCUT2D eigenvalue weighted by Crippen LogP contribution is -2.46. The number of carbonyl (C=O) groups excluding carboxylic acids is 1. The zero-order chi connectivity index (χ0) is 13.4. The van der Waals surface area contributed by atoms with Crippen molar-refractivity contribution < 1.29 is 4.79 Å². The van der Waals surface area contributed by atoms with Crippen molar-refractivity contribution >= 4 is 5.91 Å². The van der Waals surface area contributed by atoms with Crippen LogP contribution in [0.2, 0.25) is 0 Å². The molecule has 0 bridgehead atoms. The summed E-state index contributed by atoms with van der Waals surface area (Å²) in [7, 11) is 0. The molecule has 1 fully saturated rings. The maximum Gasteiger partial charge on any atom is 0.237 e. The molecule has 1 amide bonds. The van der Waals surface area contributed by atoms with Gasteiger partial charge in [-0.2, -0.15) is 0 Å². The molecule has 2 unspecified atom stereocenters. The van der Waals surface area contributed by atoms with Crippen molar-refractivity contribution in [2.24, 2.45) is 5.92 Å². The summed E-state index contributed by atoms with van der Waals surface area (Å²) in [6.07, 6.45) is 8.17. The van der Waals surface area contributed by atoms with Gasteiger partial charge in [-0.1, -0.05) is 39.5 Å². The van der Waals surface area contributed by atoms with E-state index in [1.54, 1.807) is 0 Å². The molecule has 0 aromatic carbocycles. The Morgan fingerprint density at radius 3 is 2.72 bits per heavy atom. The Hall–Kier alpha value is -0.570. The summed E-state index contributed by atoms with van der Waals surface area (Å²) < 4.78 is 0. The van der Waals surface area contributed by atoms with Crippen LogP contribution in [-0.2, 0) is 4.79 Å². The van der Waals surface area contributed by atoms with Crippen LogP contribution >= 0.6 is 0 Å². The summed E-state index contributed by atoms with van der Waals surface area (Å²) in [5.74, 6) is 0.963. The minimum absolute atomic E-state index is 0.0417.